The number of primary amides is 1. The van der Waals surface area contributed by atoms with Crippen molar-refractivity contribution in [2.24, 2.45) is 5.73 Å². The largest absolute Gasteiger partial charge is 0.386 e. The molecule has 3 heteroatoms. The van der Waals surface area contributed by atoms with Crippen LogP contribution in [0.25, 0.3) is 0 Å². The Hall–Kier alpha value is -1.35. The fraction of sp³-hybridized carbons (Fsp3) is 0.364. The molecule has 0 fully saturated rings. The summed E-state index contributed by atoms with van der Waals surface area (Å²) < 4.78 is 0. The van der Waals surface area contributed by atoms with Gasteiger partial charge in [-0.3, -0.25) is 4.79 Å². The second-order valence-electron chi connectivity index (χ2n) is 3.95. The van der Waals surface area contributed by atoms with Gasteiger partial charge in [0.15, 0.2) is 0 Å². The van der Waals surface area contributed by atoms with Crippen LogP contribution in [0.5, 0.6) is 0 Å². The average molecular weight is 193 g/mol. The van der Waals surface area contributed by atoms with Crippen LogP contribution in [0, 0.1) is 6.92 Å². The number of aryl methyl sites for hydroxylation is 1. The third-order valence-electron chi connectivity index (χ3n) is 2.18. The van der Waals surface area contributed by atoms with Crippen LogP contribution in [-0.4, -0.2) is 11.0 Å². The number of amides is 1. The first-order valence-electron chi connectivity index (χ1n) is 4.45. The van der Waals surface area contributed by atoms with Crippen molar-refractivity contribution < 1.29 is 9.90 Å². The summed E-state index contributed by atoms with van der Waals surface area (Å²) in [6.45, 7) is 5.25. The maximum absolute atomic E-state index is 10.9. The molecule has 3 N–H and O–H groups in total. The molecule has 0 saturated carbocycles. The predicted octanol–water partition coefficient (Wildman–Crippen LogP) is 1.32. The van der Waals surface area contributed by atoms with Gasteiger partial charge in [0.05, 0.1) is 5.60 Å². The molecule has 0 aliphatic heterocycles. The van der Waals surface area contributed by atoms with Crippen LogP contribution in [0.15, 0.2) is 18.2 Å². The smallest absolute Gasteiger partial charge is 0.248 e. The topological polar surface area (TPSA) is 63.3 Å². The van der Waals surface area contributed by atoms with E-state index in [0.717, 1.165) is 11.1 Å². The van der Waals surface area contributed by atoms with E-state index in [9.17, 15) is 9.90 Å². The number of hydrogen-bond acceptors (Lipinski definition) is 2. The van der Waals surface area contributed by atoms with E-state index in [-0.39, 0.29) is 0 Å². The van der Waals surface area contributed by atoms with Crippen LogP contribution in [0.3, 0.4) is 0 Å². The second-order valence-corrected chi connectivity index (χ2v) is 3.95. The van der Waals surface area contributed by atoms with Crippen LogP contribution < -0.4 is 5.73 Å². The molecule has 0 aliphatic rings. The van der Waals surface area contributed by atoms with Crippen molar-refractivity contribution in [3.05, 3.63) is 34.9 Å². The van der Waals surface area contributed by atoms with Crippen molar-refractivity contribution in [1.82, 2.24) is 0 Å². The van der Waals surface area contributed by atoms with Crippen LogP contribution in [0.4, 0.5) is 0 Å². The van der Waals surface area contributed by atoms with E-state index in [1.54, 1.807) is 32.0 Å². The highest BCUT2D eigenvalue weighted by molar-refractivity contribution is 5.93. The van der Waals surface area contributed by atoms with Gasteiger partial charge in [0.1, 0.15) is 0 Å². The molecule has 0 unspecified atom stereocenters. The number of carbonyl (C=O) groups is 1. The quantitative estimate of drug-likeness (QED) is 0.744. The van der Waals surface area contributed by atoms with E-state index >= 15 is 0 Å². The summed E-state index contributed by atoms with van der Waals surface area (Å²) in [5.41, 5.74) is 6.31. The van der Waals surface area contributed by atoms with Crippen molar-refractivity contribution in [2.45, 2.75) is 26.4 Å². The lowest BCUT2D eigenvalue weighted by Gasteiger charge is -2.20. The van der Waals surface area contributed by atoms with Crippen molar-refractivity contribution >= 4 is 5.91 Å². The summed E-state index contributed by atoms with van der Waals surface area (Å²) in [4.78, 5) is 10.9. The summed E-state index contributed by atoms with van der Waals surface area (Å²) in [5, 5.41) is 9.82. The van der Waals surface area contributed by atoms with Gasteiger partial charge in [-0.05, 0) is 44.0 Å². The van der Waals surface area contributed by atoms with Crippen molar-refractivity contribution in [1.29, 1.82) is 0 Å². The highest BCUT2D eigenvalue weighted by atomic mass is 16.3. The van der Waals surface area contributed by atoms with Crippen molar-refractivity contribution in [3.8, 4) is 0 Å². The Balaban J connectivity index is 3.29. The molecule has 0 spiro atoms. The minimum Gasteiger partial charge on any atom is -0.386 e. The van der Waals surface area contributed by atoms with Gasteiger partial charge >= 0.3 is 0 Å². The highest BCUT2D eigenvalue weighted by Crippen LogP contribution is 2.24. The fourth-order valence-corrected chi connectivity index (χ4v) is 1.43. The molecule has 3 nitrogen and oxygen atoms in total. The van der Waals surface area contributed by atoms with Crippen LogP contribution in [-0.2, 0) is 5.60 Å². The van der Waals surface area contributed by atoms with Gasteiger partial charge in [-0.2, -0.15) is 0 Å². The zero-order valence-electron chi connectivity index (χ0n) is 8.66. The van der Waals surface area contributed by atoms with E-state index in [4.69, 9.17) is 5.73 Å². The van der Waals surface area contributed by atoms with Crippen molar-refractivity contribution in [3.63, 3.8) is 0 Å². The number of nitrogens with two attached hydrogens (primary N) is 1. The first-order chi connectivity index (χ1) is 6.32. The third-order valence-corrected chi connectivity index (χ3v) is 2.18. The SMILES string of the molecule is Cc1ccc(C(N)=O)cc1C(C)(C)O. The second kappa shape index (κ2) is 3.42. The average Bonchev–Trinajstić information content (AvgIpc) is 2.02. The van der Waals surface area contributed by atoms with Gasteiger partial charge in [0.25, 0.3) is 0 Å². The highest BCUT2D eigenvalue weighted by Gasteiger charge is 2.19. The summed E-state index contributed by atoms with van der Waals surface area (Å²) in [7, 11) is 0. The molecule has 76 valence electrons. The van der Waals surface area contributed by atoms with Gasteiger partial charge in [0, 0.05) is 5.56 Å². The lowest BCUT2D eigenvalue weighted by Crippen LogP contribution is -2.19. The van der Waals surface area contributed by atoms with Crippen molar-refractivity contribution in [2.75, 3.05) is 0 Å². The van der Waals surface area contributed by atoms with E-state index in [0.29, 0.717) is 5.56 Å². The number of rotatable bonds is 2. The molecule has 0 bridgehead atoms. The first kappa shape index (κ1) is 10.7. The van der Waals surface area contributed by atoms with Gasteiger partial charge in [-0.15, -0.1) is 0 Å². The van der Waals surface area contributed by atoms with E-state index in [2.05, 4.69) is 0 Å². The molecule has 1 aromatic carbocycles. The molecule has 0 aromatic heterocycles. The van der Waals surface area contributed by atoms with E-state index < -0.39 is 11.5 Å². The molecule has 1 aromatic rings. The van der Waals surface area contributed by atoms with Gasteiger partial charge < -0.3 is 10.8 Å². The van der Waals surface area contributed by atoms with Gasteiger partial charge in [0.2, 0.25) is 5.91 Å². The predicted molar refractivity (Wildman–Crippen MR) is 54.9 cm³/mol. The minimum absolute atomic E-state index is 0.424. The Morgan fingerprint density at radius 2 is 2.00 bits per heavy atom. The Bertz CT molecular complexity index is 364. The standard InChI is InChI=1S/C11H15NO2/c1-7-4-5-8(10(12)13)6-9(7)11(2,3)14/h4-6,14H,1-3H3,(H2,12,13). The Morgan fingerprint density at radius 3 is 2.43 bits per heavy atom. The zero-order chi connectivity index (χ0) is 10.9. The lowest BCUT2D eigenvalue weighted by atomic mass is 9.92. The Labute approximate surface area is 83.6 Å². The number of hydrogen-bond donors (Lipinski definition) is 2. The molecule has 0 aliphatic carbocycles. The number of benzene rings is 1. The van der Waals surface area contributed by atoms with Crippen LogP contribution in [0.2, 0.25) is 0 Å². The van der Waals surface area contributed by atoms with Crippen LogP contribution in [0.1, 0.15) is 35.3 Å². The maximum Gasteiger partial charge on any atom is 0.248 e. The van der Waals surface area contributed by atoms with Gasteiger partial charge in [-0.1, -0.05) is 6.07 Å². The molecular weight excluding hydrogens is 178 g/mol. The van der Waals surface area contributed by atoms with Gasteiger partial charge in [-0.25, -0.2) is 0 Å². The summed E-state index contributed by atoms with van der Waals surface area (Å²) in [5.74, 6) is -0.476. The normalized spacial score (nSPS) is 11.4. The van der Waals surface area contributed by atoms with E-state index in [1.807, 2.05) is 6.92 Å². The molecule has 14 heavy (non-hydrogen) atoms. The molecule has 0 atom stereocenters. The minimum atomic E-state index is -0.949. The summed E-state index contributed by atoms with van der Waals surface area (Å²) >= 11 is 0. The molecule has 0 saturated heterocycles. The monoisotopic (exact) mass is 193 g/mol. The molecule has 1 amide bonds. The molecule has 1 rings (SSSR count). The molecular formula is C11H15NO2. The lowest BCUT2D eigenvalue weighted by molar-refractivity contribution is 0.0778. The van der Waals surface area contributed by atoms with Crippen LogP contribution >= 0.6 is 0 Å². The first-order valence-corrected chi connectivity index (χ1v) is 4.45. The zero-order valence-corrected chi connectivity index (χ0v) is 8.66. The Kier molecular flexibility index (Phi) is 2.62. The summed E-state index contributed by atoms with van der Waals surface area (Å²) in [6.07, 6.45) is 0. The molecule has 0 heterocycles. The maximum atomic E-state index is 10.9. The third kappa shape index (κ3) is 2.12. The fourth-order valence-electron chi connectivity index (χ4n) is 1.43. The van der Waals surface area contributed by atoms with E-state index in [1.165, 1.54) is 0 Å². The summed E-state index contributed by atoms with van der Waals surface area (Å²) in [6, 6.07) is 5.08. The number of aliphatic hydroxyl groups is 1. The Morgan fingerprint density at radius 1 is 1.43 bits per heavy atom. The number of carbonyl (C=O) groups excluding carboxylic acids is 1. The molecule has 0 radical (unpaired) electrons.